The van der Waals surface area contributed by atoms with Gasteiger partial charge in [0.15, 0.2) is 5.90 Å². The maximum absolute atomic E-state index is 7.23. The average molecular weight is 142 g/mol. The minimum absolute atomic E-state index is 0.289. The molecular formula is C7H14N2O. The van der Waals surface area contributed by atoms with Gasteiger partial charge < -0.3 is 4.74 Å². The Morgan fingerprint density at radius 2 is 2.30 bits per heavy atom. The molecule has 1 saturated heterocycles. The summed E-state index contributed by atoms with van der Waals surface area (Å²) in [5.74, 6) is 0.415. The van der Waals surface area contributed by atoms with Crippen LogP contribution < -0.4 is 0 Å². The molecule has 1 aliphatic rings. The minimum Gasteiger partial charge on any atom is -0.475 e. The lowest BCUT2D eigenvalue weighted by Crippen LogP contribution is -2.50. The van der Waals surface area contributed by atoms with Gasteiger partial charge in [-0.15, -0.1) is 0 Å². The zero-order chi connectivity index (χ0) is 7.56. The second kappa shape index (κ2) is 3.01. The number of hydrogen-bond donors (Lipinski definition) is 1. The van der Waals surface area contributed by atoms with E-state index in [1.165, 1.54) is 0 Å². The van der Waals surface area contributed by atoms with Gasteiger partial charge in [0.05, 0.1) is 0 Å². The molecule has 58 valence electrons. The van der Waals surface area contributed by atoms with Gasteiger partial charge in [-0.25, -0.2) is 0 Å². The van der Waals surface area contributed by atoms with Crippen LogP contribution in [0.4, 0.5) is 0 Å². The first-order valence-corrected chi connectivity index (χ1v) is 3.65. The monoisotopic (exact) mass is 142 g/mol. The van der Waals surface area contributed by atoms with Gasteiger partial charge in [0.2, 0.25) is 0 Å². The summed E-state index contributed by atoms with van der Waals surface area (Å²) in [4.78, 5) is 2.17. The number of likely N-dealkylation sites (N-methyl/N-ethyl adjacent to an activating group) is 1. The summed E-state index contributed by atoms with van der Waals surface area (Å²) >= 11 is 0. The molecule has 0 aromatic rings. The van der Waals surface area contributed by atoms with Crippen LogP contribution in [-0.2, 0) is 4.74 Å². The third-order valence-corrected chi connectivity index (χ3v) is 1.66. The first-order chi connectivity index (χ1) is 4.72. The van der Waals surface area contributed by atoms with Crippen molar-refractivity contribution < 1.29 is 4.74 Å². The quantitative estimate of drug-likeness (QED) is 0.455. The number of hydrogen-bond acceptors (Lipinski definition) is 3. The molecular weight excluding hydrogens is 128 g/mol. The smallest absolute Gasteiger partial charge is 0.180 e. The molecule has 0 spiro atoms. The van der Waals surface area contributed by atoms with Gasteiger partial charge in [0.1, 0.15) is 6.10 Å². The summed E-state index contributed by atoms with van der Waals surface area (Å²) < 4.78 is 5.25. The molecule has 3 nitrogen and oxygen atoms in total. The predicted octanol–water partition coefficient (Wildman–Crippen LogP) is 0.704. The van der Waals surface area contributed by atoms with Crippen molar-refractivity contribution in [2.75, 3.05) is 20.1 Å². The number of ether oxygens (including phenoxy) is 1. The highest BCUT2D eigenvalue weighted by Gasteiger charge is 2.24. The molecule has 0 bridgehead atoms. The van der Waals surface area contributed by atoms with E-state index in [-0.39, 0.29) is 6.10 Å². The zero-order valence-electron chi connectivity index (χ0n) is 6.55. The summed E-state index contributed by atoms with van der Waals surface area (Å²) in [6, 6.07) is 0. The van der Waals surface area contributed by atoms with Crippen LogP contribution in [0.1, 0.15) is 13.3 Å². The lowest BCUT2D eigenvalue weighted by atomic mass is 10.2. The molecule has 10 heavy (non-hydrogen) atoms. The van der Waals surface area contributed by atoms with Crippen molar-refractivity contribution in [2.45, 2.75) is 19.4 Å². The summed E-state index contributed by atoms with van der Waals surface area (Å²) in [6.45, 7) is 3.88. The number of likely N-dealkylation sites (tertiary alicyclic amines) is 1. The molecule has 1 aliphatic heterocycles. The topological polar surface area (TPSA) is 36.3 Å². The molecule has 0 atom stereocenters. The average Bonchev–Trinajstić information content (AvgIpc) is 1.84. The van der Waals surface area contributed by atoms with Gasteiger partial charge in [-0.1, -0.05) is 6.92 Å². The Bertz CT molecular complexity index is 130. The van der Waals surface area contributed by atoms with Gasteiger partial charge in [0, 0.05) is 19.5 Å². The van der Waals surface area contributed by atoms with Crippen molar-refractivity contribution in [2.24, 2.45) is 0 Å². The highest BCUT2D eigenvalue weighted by Crippen LogP contribution is 2.08. The predicted molar refractivity (Wildman–Crippen MR) is 40.4 cm³/mol. The van der Waals surface area contributed by atoms with E-state index in [1.54, 1.807) is 0 Å². The van der Waals surface area contributed by atoms with Gasteiger partial charge in [0.25, 0.3) is 0 Å². The van der Waals surface area contributed by atoms with Crippen LogP contribution in [0.25, 0.3) is 0 Å². The molecule has 1 heterocycles. The molecule has 3 heteroatoms. The van der Waals surface area contributed by atoms with E-state index in [0.29, 0.717) is 12.3 Å². The fourth-order valence-electron chi connectivity index (χ4n) is 1.00. The van der Waals surface area contributed by atoms with E-state index in [9.17, 15) is 0 Å². The second-order valence-corrected chi connectivity index (χ2v) is 2.74. The van der Waals surface area contributed by atoms with E-state index in [4.69, 9.17) is 10.1 Å². The van der Waals surface area contributed by atoms with Crippen molar-refractivity contribution in [1.29, 1.82) is 5.41 Å². The molecule has 0 aromatic heterocycles. The Labute approximate surface area is 61.5 Å². The van der Waals surface area contributed by atoms with Gasteiger partial charge in [-0.3, -0.25) is 10.3 Å². The summed E-state index contributed by atoms with van der Waals surface area (Å²) in [6.07, 6.45) is 0.998. The first kappa shape index (κ1) is 7.54. The van der Waals surface area contributed by atoms with Gasteiger partial charge >= 0.3 is 0 Å². The third-order valence-electron chi connectivity index (χ3n) is 1.66. The lowest BCUT2D eigenvalue weighted by Gasteiger charge is -2.35. The standard InChI is InChI=1S/C7H14N2O/c1-3-7(8)10-6-4-9(2)5-6/h6,8H,3-5H2,1-2H3. The van der Waals surface area contributed by atoms with Crippen molar-refractivity contribution in [1.82, 2.24) is 4.90 Å². The Kier molecular flexibility index (Phi) is 2.27. The van der Waals surface area contributed by atoms with E-state index in [1.807, 2.05) is 6.92 Å². The van der Waals surface area contributed by atoms with Crippen LogP contribution in [0.2, 0.25) is 0 Å². The fraction of sp³-hybridized carbons (Fsp3) is 0.857. The highest BCUT2D eigenvalue weighted by molar-refractivity contribution is 5.72. The third kappa shape index (κ3) is 1.70. The second-order valence-electron chi connectivity index (χ2n) is 2.74. The van der Waals surface area contributed by atoms with E-state index in [2.05, 4.69) is 11.9 Å². The summed E-state index contributed by atoms with van der Waals surface area (Å²) in [5.41, 5.74) is 0. The molecule has 1 N–H and O–H groups in total. The van der Waals surface area contributed by atoms with Crippen LogP contribution in [-0.4, -0.2) is 37.0 Å². The van der Waals surface area contributed by atoms with Crippen molar-refractivity contribution in [3.63, 3.8) is 0 Å². The Balaban J connectivity index is 2.10. The maximum atomic E-state index is 7.23. The molecule has 0 aromatic carbocycles. The van der Waals surface area contributed by atoms with E-state index >= 15 is 0 Å². The van der Waals surface area contributed by atoms with Crippen molar-refractivity contribution >= 4 is 5.90 Å². The number of nitrogens with zero attached hydrogens (tertiary/aromatic N) is 1. The number of rotatable bonds is 2. The van der Waals surface area contributed by atoms with Crippen LogP contribution in [0.5, 0.6) is 0 Å². The highest BCUT2D eigenvalue weighted by atomic mass is 16.5. The van der Waals surface area contributed by atoms with Crippen LogP contribution >= 0.6 is 0 Å². The Morgan fingerprint density at radius 1 is 1.70 bits per heavy atom. The molecule has 0 saturated carbocycles. The van der Waals surface area contributed by atoms with E-state index in [0.717, 1.165) is 13.1 Å². The van der Waals surface area contributed by atoms with Crippen LogP contribution in [0.3, 0.4) is 0 Å². The lowest BCUT2D eigenvalue weighted by molar-refractivity contribution is 0.0272. The SMILES string of the molecule is CCC(=N)OC1CN(C)C1. The van der Waals surface area contributed by atoms with Gasteiger partial charge in [-0.05, 0) is 7.05 Å². The largest absolute Gasteiger partial charge is 0.475 e. The maximum Gasteiger partial charge on any atom is 0.180 e. The van der Waals surface area contributed by atoms with Gasteiger partial charge in [-0.2, -0.15) is 0 Å². The summed E-state index contributed by atoms with van der Waals surface area (Å²) in [5, 5.41) is 7.23. The molecule has 0 unspecified atom stereocenters. The van der Waals surface area contributed by atoms with Crippen molar-refractivity contribution in [3.05, 3.63) is 0 Å². The minimum atomic E-state index is 0.289. The molecule has 0 amide bonds. The molecule has 0 aliphatic carbocycles. The van der Waals surface area contributed by atoms with Crippen LogP contribution in [0, 0.1) is 5.41 Å². The first-order valence-electron chi connectivity index (χ1n) is 3.65. The summed E-state index contributed by atoms with van der Waals surface area (Å²) in [7, 11) is 2.05. The zero-order valence-corrected chi connectivity index (χ0v) is 6.55. The Morgan fingerprint density at radius 3 is 2.70 bits per heavy atom. The Hall–Kier alpha value is -0.570. The number of nitrogens with one attached hydrogen (secondary N) is 1. The fourth-order valence-corrected chi connectivity index (χ4v) is 1.00. The molecule has 1 fully saturated rings. The van der Waals surface area contributed by atoms with Crippen LogP contribution in [0.15, 0.2) is 0 Å². The normalized spacial score (nSPS) is 20.2. The van der Waals surface area contributed by atoms with Crippen molar-refractivity contribution in [3.8, 4) is 0 Å². The molecule has 0 radical (unpaired) electrons. The van der Waals surface area contributed by atoms with E-state index < -0.39 is 0 Å². The molecule has 1 rings (SSSR count).